The number of piperazine rings is 1. The Balaban J connectivity index is 1.40. The summed E-state index contributed by atoms with van der Waals surface area (Å²) in [6, 6.07) is 13.8. The predicted octanol–water partition coefficient (Wildman–Crippen LogP) is 2.05. The van der Waals surface area contributed by atoms with Crippen molar-refractivity contribution in [3.63, 3.8) is 0 Å². The van der Waals surface area contributed by atoms with Gasteiger partial charge in [-0.3, -0.25) is 14.5 Å². The molecule has 0 aromatic heterocycles. The van der Waals surface area contributed by atoms with E-state index >= 15 is 0 Å². The Hall–Kier alpha value is -2.61. The first-order valence-corrected chi connectivity index (χ1v) is 11.9. The highest BCUT2D eigenvalue weighted by atomic mass is 35.5. The van der Waals surface area contributed by atoms with Crippen molar-refractivity contribution in [1.82, 2.24) is 20.4 Å². The van der Waals surface area contributed by atoms with Gasteiger partial charge in [0.25, 0.3) is 0 Å². The van der Waals surface area contributed by atoms with Crippen LogP contribution in [0.1, 0.15) is 22.7 Å². The highest BCUT2D eigenvalue weighted by molar-refractivity contribution is 6.35. The van der Waals surface area contributed by atoms with Crippen LogP contribution >= 0.6 is 11.6 Å². The maximum absolute atomic E-state index is 12.5. The van der Waals surface area contributed by atoms with Gasteiger partial charge in [0.05, 0.1) is 6.04 Å². The molecular weight excluding hydrogens is 438 g/mol. The van der Waals surface area contributed by atoms with Crippen molar-refractivity contribution < 1.29 is 9.59 Å². The minimum Gasteiger partial charge on any atom is -0.374 e. The lowest BCUT2D eigenvalue weighted by atomic mass is 10.00. The Bertz CT molecular complexity index is 989. The third-order valence-corrected chi connectivity index (χ3v) is 6.88. The topological polar surface area (TPSA) is 67.9 Å². The standard InChI is InChI=1S/C25H32ClN5O2/c1-29-11-13-31(14-12-29)23(19-5-8-22-20(15-19)9-10-30(22)2)17-28-25(33)24(32)27-16-18-3-6-21(26)7-4-18/h3-8,15,23H,9-14,16-17H2,1-2H3,(H,27,32)(H,28,33). The van der Waals surface area contributed by atoms with Gasteiger partial charge in [-0.2, -0.15) is 0 Å². The van der Waals surface area contributed by atoms with Gasteiger partial charge in [-0.1, -0.05) is 35.9 Å². The molecule has 7 nitrogen and oxygen atoms in total. The van der Waals surface area contributed by atoms with Crippen LogP contribution in [0.2, 0.25) is 5.02 Å². The van der Waals surface area contributed by atoms with Crippen LogP contribution in [0.15, 0.2) is 42.5 Å². The average molecular weight is 470 g/mol. The third-order valence-electron chi connectivity index (χ3n) is 6.62. The summed E-state index contributed by atoms with van der Waals surface area (Å²) in [5.41, 5.74) is 4.71. The van der Waals surface area contributed by atoms with Crippen molar-refractivity contribution >= 4 is 29.1 Å². The first kappa shape index (κ1) is 23.5. The second-order valence-electron chi connectivity index (χ2n) is 8.93. The number of anilines is 1. The van der Waals surface area contributed by atoms with Gasteiger partial charge in [0.2, 0.25) is 0 Å². The fourth-order valence-corrected chi connectivity index (χ4v) is 4.65. The van der Waals surface area contributed by atoms with Crippen molar-refractivity contribution in [2.24, 2.45) is 0 Å². The van der Waals surface area contributed by atoms with Gasteiger partial charge in [0, 0.05) is 63.6 Å². The maximum Gasteiger partial charge on any atom is 0.309 e. The first-order chi connectivity index (χ1) is 15.9. The summed E-state index contributed by atoms with van der Waals surface area (Å²) >= 11 is 5.90. The van der Waals surface area contributed by atoms with E-state index in [1.54, 1.807) is 12.1 Å². The molecule has 2 aliphatic heterocycles. The smallest absolute Gasteiger partial charge is 0.309 e. The third kappa shape index (κ3) is 5.85. The number of likely N-dealkylation sites (N-methyl/N-ethyl adjacent to an activating group) is 2. The lowest BCUT2D eigenvalue weighted by molar-refractivity contribution is -0.139. The zero-order chi connectivity index (χ0) is 23.4. The molecule has 1 atom stereocenters. The first-order valence-electron chi connectivity index (χ1n) is 11.5. The van der Waals surface area contributed by atoms with Crippen molar-refractivity contribution in [1.29, 1.82) is 0 Å². The molecule has 1 unspecified atom stereocenters. The molecule has 0 radical (unpaired) electrons. The van der Waals surface area contributed by atoms with E-state index in [0.29, 0.717) is 11.6 Å². The Morgan fingerprint density at radius 2 is 1.64 bits per heavy atom. The van der Waals surface area contributed by atoms with Gasteiger partial charge in [-0.05, 0) is 48.4 Å². The summed E-state index contributed by atoms with van der Waals surface area (Å²) in [7, 11) is 4.25. The number of carbonyl (C=O) groups is 2. The van der Waals surface area contributed by atoms with Crippen LogP contribution < -0.4 is 15.5 Å². The van der Waals surface area contributed by atoms with Crippen LogP contribution in [0.5, 0.6) is 0 Å². The van der Waals surface area contributed by atoms with E-state index in [-0.39, 0.29) is 12.6 Å². The number of amides is 2. The van der Waals surface area contributed by atoms with Crippen LogP contribution in [-0.2, 0) is 22.6 Å². The van der Waals surface area contributed by atoms with Gasteiger partial charge < -0.3 is 20.4 Å². The fraction of sp³-hybridized carbons (Fsp3) is 0.440. The molecule has 0 spiro atoms. The molecule has 2 aliphatic rings. The van der Waals surface area contributed by atoms with E-state index in [4.69, 9.17) is 11.6 Å². The molecule has 2 aromatic carbocycles. The number of benzene rings is 2. The van der Waals surface area contributed by atoms with Gasteiger partial charge in [-0.15, -0.1) is 0 Å². The zero-order valence-electron chi connectivity index (χ0n) is 19.3. The van der Waals surface area contributed by atoms with Crippen molar-refractivity contribution in [2.45, 2.75) is 19.0 Å². The molecule has 33 heavy (non-hydrogen) atoms. The number of halogens is 1. The van der Waals surface area contributed by atoms with Crippen molar-refractivity contribution in [2.75, 3.05) is 58.3 Å². The van der Waals surface area contributed by atoms with E-state index in [1.165, 1.54) is 16.8 Å². The molecule has 2 aromatic rings. The summed E-state index contributed by atoms with van der Waals surface area (Å²) in [4.78, 5) is 31.9. The summed E-state index contributed by atoms with van der Waals surface area (Å²) < 4.78 is 0. The minimum atomic E-state index is -0.627. The molecule has 0 bridgehead atoms. The molecule has 2 heterocycles. The lowest BCUT2D eigenvalue weighted by Gasteiger charge is -2.38. The zero-order valence-corrected chi connectivity index (χ0v) is 20.1. The summed E-state index contributed by atoms with van der Waals surface area (Å²) in [5, 5.41) is 6.19. The molecular formula is C25H32ClN5O2. The van der Waals surface area contributed by atoms with E-state index in [9.17, 15) is 9.59 Å². The molecule has 8 heteroatoms. The highest BCUT2D eigenvalue weighted by Crippen LogP contribution is 2.31. The number of nitrogens with one attached hydrogen (secondary N) is 2. The molecule has 0 aliphatic carbocycles. The van der Waals surface area contributed by atoms with Crippen LogP contribution in [0.25, 0.3) is 0 Å². The quantitative estimate of drug-likeness (QED) is 0.634. The van der Waals surface area contributed by atoms with Gasteiger partial charge in [0.15, 0.2) is 0 Å². The SMILES string of the molecule is CN1CCN(C(CNC(=O)C(=O)NCc2ccc(Cl)cc2)c2ccc3c(c2)CCN3C)CC1. The second-order valence-corrected chi connectivity index (χ2v) is 9.37. The Morgan fingerprint density at radius 1 is 0.939 bits per heavy atom. The van der Waals surface area contributed by atoms with Crippen LogP contribution in [0.4, 0.5) is 5.69 Å². The number of hydrogen-bond acceptors (Lipinski definition) is 5. The monoisotopic (exact) mass is 469 g/mol. The predicted molar refractivity (Wildman–Crippen MR) is 132 cm³/mol. The van der Waals surface area contributed by atoms with E-state index in [0.717, 1.165) is 44.7 Å². The largest absolute Gasteiger partial charge is 0.374 e. The van der Waals surface area contributed by atoms with Crippen molar-refractivity contribution in [3.8, 4) is 0 Å². The molecule has 176 valence electrons. The van der Waals surface area contributed by atoms with E-state index < -0.39 is 11.8 Å². The number of carbonyl (C=O) groups excluding carboxylic acids is 2. The van der Waals surface area contributed by atoms with Crippen LogP contribution in [-0.4, -0.2) is 75.0 Å². The van der Waals surface area contributed by atoms with Crippen molar-refractivity contribution in [3.05, 3.63) is 64.2 Å². The van der Waals surface area contributed by atoms with Gasteiger partial charge >= 0.3 is 11.8 Å². The summed E-state index contributed by atoms with van der Waals surface area (Å²) in [6.45, 7) is 5.53. The lowest BCUT2D eigenvalue weighted by Crippen LogP contribution is -2.49. The molecule has 2 N–H and O–H groups in total. The van der Waals surface area contributed by atoms with Gasteiger partial charge in [-0.25, -0.2) is 0 Å². The molecule has 0 saturated carbocycles. The maximum atomic E-state index is 12.5. The summed E-state index contributed by atoms with van der Waals surface area (Å²) in [5.74, 6) is -1.23. The Labute approximate surface area is 200 Å². The number of hydrogen-bond donors (Lipinski definition) is 2. The minimum absolute atomic E-state index is 0.0305. The molecule has 2 amide bonds. The second kappa shape index (κ2) is 10.5. The molecule has 1 saturated heterocycles. The van der Waals surface area contributed by atoms with E-state index in [2.05, 4.69) is 57.6 Å². The average Bonchev–Trinajstić information content (AvgIpc) is 3.19. The van der Waals surface area contributed by atoms with Gasteiger partial charge in [0.1, 0.15) is 0 Å². The summed E-state index contributed by atoms with van der Waals surface area (Å²) in [6.07, 6.45) is 1.04. The van der Waals surface area contributed by atoms with E-state index in [1.807, 2.05) is 12.1 Å². The van der Waals surface area contributed by atoms with Crippen LogP contribution in [0, 0.1) is 0 Å². The highest BCUT2D eigenvalue weighted by Gasteiger charge is 2.27. The fourth-order valence-electron chi connectivity index (χ4n) is 4.52. The van der Waals surface area contributed by atoms with Crippen LogP contribution in [0.3, 0.4) is 0 Å². The molecule has 4 rings (SSSR count). The normalized spacial score (nSPS) is 17.5. The Morgan fingerprint density at radius 3 is 2.36 bits per heavy atom. The number of nitrogens with zero attached hydrogens (tertiary/aromatic N) is 3. The number of fused-ring (bicyclic) bond motifs is 1. The Kier molecular flexibility index (Phi) is 7.53. The number of rotatable bonds is 6. The molecule has 1 fully saturated rings.